The van der Waals surface area contributed by atoms with Crippen LogP contribution in [0.4, 0.5) is 0 Å². The van der Waals surface area contributed by atoms with E-state index in [0.29, 0.717) is 0 Å². The molecule has 0 aliphatic heterocycles. The minimum Gasteiger partial charge on any atom is -0.309 e. The molecule has 0 spiro atoms. The summed E-state index contributed by atoms with van der Waals surface area (Å²) in [5.74, 6) is 0. The zero-order chi connectivity index (χ0) is 30.0. The minimum atomic E-state index is -3.07. The van der Waals surface area contributed by atoms with Crippen molar-refractivity contribution in [2.45, 2.75) is 0 Å². The van der Waals surface area contributed by atoms with Crippen molar-refractivity contribution in [2.75, 3.05) is 0 Å². The summed E-state index contributed by atoms with van der Waals surface area (Å²) >= 11 is 0. The molecule has 0 aliphatic rings. The van der Waals surface area contributed by atoms with Crippen molar-refractivity contribution in [3.8, 4) is 11.1 Å². The van der Waals surface area contributed by atoms with Crippen LogP contribution in [-0.4, -0.2) is 9.38 Å². The number of rotatable bonds is 4. The summed E-state index contributed by atoms with van der Waals surface area (Å²) in [7, 11) is -3.07. The van der Waals surface area contributed by atoms with Crippen LogP contribution >= 0.6 is 7.14 Å². The molecular formula is C41H27N2OP. The molecule has 0 atom stereocenters. The summed E-state index contributed by atoms with van der Waals surface area (Å²) in [5.41, 5.74) is 6.37. The molecule has 0 saturated carbocycles. The first-order valence-corrected chi connectivity index (χ1v) is 16.9. The number of nitrogens with zero attached hydrogens (tertiary/aromatic N) is 2. The monoisotopic (exact) mass is 594 g/mol. The van der Waals surface area contributed by atoms with Crippen molar-refractivity contribution < 1.29 is 4.57 Å². The molecule has 45 heavy (non-hydrogen) atoms. The van der Waals surface area contributed by atoms with Gasteiger partial charge in [0.15, 0.2) is 7.14 Å². The average Bonchev–Trinajstić information content (AvgIpc) is 3.51. The number of para-hydroxylation sites is 1. The van der Waals surface area contributed by atoms with Gasteiger partial charge in [0.05, 0.1) is 16.6 Å². The highest BCUT2D eigenvalue weighted by Gasteiger charge is 2.29. The largest absolute Gasteiger partial charge is 0.309 e. The second kappa shape index (κ2) is 10.0. The number of imidazole rings is 1. The van der Waals surface area contributed by atoms with Gasteiger partial charge in [0.25, 0.3) is 0 Å². The van der Waals surface area contributed by atoms with Crippen LogP contribution in [0.5, 0.6) is 0 Å². The first kappa shape index (κ1) is 25.9. The summed E-state index contributed by atoms with van der Waals surface area (Å²) in [6.07, 6.45) is 0. The Hall–Kier alpha value is -5.50. The van der Waals surface area contributed by atoms with Crippen LogP contribution in [0.25, 0.3) is 60.3 Å². The summed E-state index contributed by atoms with van der Waals surface area (Å²) < 4.78 is 17.3. The van der Waals surface area contributed by atoms with Gasteiger partial charge in [-0.3, -0.25) is 4.40 Å². The van der Waals surface area contributed by atoms with Crippen LogP contribution in [0, 0.1) is 0 Å². The first-order chi connectivity index (χ1) is 22.2. The molecule has 212 valence electrons. The van der Waals surface area contributed by atoms with Crippen LogP contribution in [0.3, 0.4) is 0 Å². The molecule has 0 amide bonds. The van der Waals surface area contributed by atoms with Crippen LogP contribution in [0.1, 0.15) is 0 Å². The normalized spacial score (nSPS) is 12.1. The highest BCUT2D eigenvalue weighted by molar-refractivity contribution is 7.85. The predicted molar refractivity (Wildman–Crippen MR) is 190 cm³/mol. The van der Waals surface area contributed by atoms with Gasteiger partial charge in [-0.05, 0) is 57.6 Å². The zero-order valence-corrected chi connectivity index (χ0v) is 25.2. The van der Waals surface area contributed by atoms with Crippen LogP contribution in [-0.2, 0) is 4.57 Å². The molecule has 0 fully saturated rings. The van der Waals surface area contributed by atoms with Gasteiger partial charge in [-0.25, -0.2) is 4.98 Å². The van der Waals surface area contributed by atoms with E-state index in [1.165, 1.54) is 10.8 Å². The van der Waals surface area contributed by atoms with Crippen molar-refractivity contribution in [3.63, 3.8) is 0 Å². The highest BCUT2D eigenvalue weighted by atomic mass is 31.2. The van der Waals surface area contributed by atoms with Crippen LogP contribution < -0.4 is 15.9 Å². The maximum atomic E-state index is 15.0. The van der Waals surface area contributed by atoms with Gasteiger partial charge >= 0.3 is 0 Å². The van der Waals surface area contributed by atoms with Gasteiger partial charge in [-0.2, -0.15) is 0 Å². The standard InChI is InChI=1S/C41H27N2OP/c44-45(32-11-3-1-4-12-32,33-13-5-2-6-14-33)34-23-21-28-19-20-29(25-31(28)26-34)30-22-24-40-38(27-30)42-41-37-17-8-7-15-35(37)36-16-9-10-18-39(36)43(40)41/h1-27H. The van der Waals surface area contributed by atoms with E-state index in [0.717, 1.165) is 65.4 Å². The number of pyridine rings is 1. The topological polar surface area (TPSA) is 34.4 Å². The summed E-state index contributed by atoms with van der Waals surface area (Å²) in [5, 5.41) is 8.26. The Morgan fingerprint density at radius 1 is 0.444 bits per heavy atom. The van der Waals surface area contributed by atoms with E-state index in [9.17, 15) is 0 Å². The van der Waals surface area contributed by atoms with Gasteiger partial charge in [0.1, 0.15) is 5.65 Å². The Labute approximate surface area is 260 Å². The molecule has 0 bridgehead atoms. The number of hydrogen-bond donors (Lipinski definition) is 0. The van der Waals surface area contributed by atoms with Gasteiger partial charge in [0, 0.05) is 26.7 Å². The SMILES string of the molecule is O=P(c1ccccc1)(c1ccccc1)c1ccc2ccc(-c3ccc4c(c3)nc3c5ccccc5c5ccccc5n43)cc2c1. The van der Waals surface area contributed by atoms with E-state index in [-0.39, 0.29) is 0 Å². The molecule has 2 heterocycles. The Balaban J connectivity index is 1.21. The Morgan fingerprint density at radius 3 is 1.80 bits per heavy atom. The fourth-order valence-electron chi connectivity index (χ4n) is 6.83. The summed E-state index contributed by atoms with van der Waals surface area (Å²) in [6.45, 7) is 0. The molecule has 0 aliphatic carbocycles. The smallest absolute Gasteiger partial charge is 0.171 e. The highest BCUT2D eigenvalue weighted by Crippen LogP contribution is 2.43. The average molecular weight is 595 g/mol. The fraction of sp³-hybridized carbons (Fsp3) is 0. The fourth-order valence-corrected chi connectivity index (χ4v) is 9.51. The molecular weight excluding hydrogens is 567 g/mol. The maximum Gasteiger partial charge on any atom is 0.171 e. The summed E-state index contributed by atoms with van der Waals surface area (Å²) in [6, 6.07) is 56.1. The quantitative estimate of drug-likeness (QED) is 0.150. The molecule has 0 radical (unpaired) electrons. The van der Waals surface area contributed by atoms with E-state index in [2.05, 4.69) is 101 Å². The van der Waals surface area contributed by atoms with Crippen molar-refractivity contribution in [3.05, 3.63) is 164 Å². The van der Waals surface area contributed by atoms with E-state index in [1.54, 1.807) is 0 Å². The molecule has 9 aromatic rings. The van der Waals surface area contributed by atoms with E-state index in [4.69, 9.17) is 4.98 Å². The van der Waals surface area contributed by atoms with Crippen LogP contribution in [0.2, 0.25) is 0 Å². The number of fused-ring (bicyclic) bond motifs is 9. The first-order valence-electron chi connectivity index (χ1n) is 15.2. The molecule has 4 heteroatoms. The van der Waals surface area contributed by atoms with Gasteiger partial charge in [-0.1, -0.05) is 133 Å². The molecule has 7 aromatic carbocycles. The lowest BCUT2D eigenvalue weighted by atomic mass is 10.0. The molecule has 0 N–H and O–H groups in total. The zero-order valence-electron chi connectivity index (χ0n) is 24.3. The minimum absolute atomic E-state index is 0.833. The number of aromatic nitrogens is 2. The van der Waals surface area contributed by atoms with Crippen LogP contribution in [0.15, 0.2) is 164 Å². The van der Waals surface area contributed by atoms with Crippen molar-refractivity contribution in [1.29, 1.82) is 0 Å². The molecule has 2 aromatic heterocycles. The second-order valence-corrected chi connectivity index (χ2v) is 14.3. The number of benzene rings is 7. The van der Waals surface area contributed by atoms with E-state index in [1.807, 2.05) is 66.7 Å². The molecule has 0 saturated heterocycles. The third kappa shape index (κ3) is 3.98. The third-order valence-electron chi connectivity index (χ3n) is 9.02. The Kier molecular flexibility index (Phi) is 5.78. The van der Waals surface area contributed by atoms with Crippen molar-refractivity contribution in [2.24, 2.45) is 0 Å². The lowest BCUT2D eigenvalue weighted by Gasteiger charge is -2.20. The Bertz CT molecular complexity index is 2580. The summed E-state index contributed by atoms with van der Waals surface area (Å²) in [4.78, 5) is 5.18. The van der Waals surface area contributed by atoms with E-state index >= 15 is 4.57 Å². The second-order valence-electron chi connectivity index (χ2n) is 11.6. The van der Waals surface area contributed by atoms with Gasteiger partial charge in [0.2, 0.25) is 0 Å². The third-order valence-corrected chi connectivity index (χ3v) is 12.1. The van der Waals surface area contributed by atoms with Crippen molar-refractivity contribution >= 4 is 72.2 Å². The predicted octanol–water partition coefficient (Wildman–Crippen LogP) is 9.25. The van der Waals surface area contributed by atoms with Gasteiger partial charge in [-0.15, -0.1) is 0 Å². The molecule has 3 nitrogen and oxygen atoms in total. The maximum absolute atomic E-state index is 15.0. The van der Waals surface area contributed by atoms with Crippen molar-refractivity contribution in [1.82, 2.24) is 9.38 Å². The lowest BCUT2D eigenvalue weighted by Crippen LogP contribution is -2.24. The van der Waals surface area contributed by atoms with Gasteiger partial charge < -0.3 is 4.57 Å². The molecule has 9 rings (SSSR count). The number of hydrogen-bond acceptors (Lipinski definition) is 2. The Morgan fingerprint density at radius 2 is 1.04 bits per heavy atom. The van der Waals surface area contributed by atoms with E-state index < -0.39 is 7.14 Å². The lowest BCUT2D eigenvalue weighted by molar-refractivity contribution is 0.592. The molecule has 0 unspecified atom stereocenters.